The fraction of sp³-hybridized carbons (Fsp3) is 0.750. The van der Waals surface area contributed by atoms with Crippen LogP contribution in [-0.2, 0) is 0 Å². The summed E-state index contributed by atoms with van der Waals surface area (Å²) in [6, 6.07) is 2.00. The van der Waals surface area contributed by atoms with Gasteiger partial charge < -0.3 is 0 Å². The van der Waals surface area contributed by atoms with Gasteiger partial charge in [0.15, 0.2) is 0 Å². The molecule has 0 amide bonds. The van der Waals surface area contributed by atoms with E-state index in [0.717, 1.165) is 6.42 Å². The summed E-state index contributed by atoms with van der Waals surface area (Å²) >= 11 is 7.89. The molecule has 3 heteroatoms. The Kier molecular flexibility index (Phi) is 4.47. The van der Waals surface area contributed by atoms with Crippen molar-refractivity contribution in [3.05, 3.63) is 0 Å². The summed E-state index contributed by atoms with van der Waals surface area (Å²) in [6.45, 7) is 0. The Morgan fingerprint density at radius 2 is 2.14 bits per heavy atom. The van der Waals surface area contributed by atoms with Gasteiger partial charge in [0, 0.05) is 11.0 Å². The van der Waals surface area contributed by atoms with Crippen LogP contribution >= 0.6 is 25.3 Å². The minimum atomic E-state index is 0.0691. The molecule has 0 heterocycles. The Bertz CT molecular complexity index is 74.2. The molecule has 0 aromatic carbocycles. The number of nitriles is 1. The summed E-state index contributed by atoms with van der Waals surface area (Å²) in [5.74, 6) is 0. The lowest BCUT2D eigenvalue weighted by molar-refractivity contribution is 0.955. The van der Waals surface area contributed by atoms with Crippen molar-refractivity contribution < 1.29 is 0 Å². The van der Waals surface area contributed by atoms with E-state index in [1.54, 1.807) is 0 Å². The molecule has 40 valence electrons. The zero-order valence-electron chi connectivity index (χ0n) is 3.83. The van der Waals surface area contributed by atoms with E-state index in [-0.39, 0.29) is 4.58 Å². The van der Waals surface area contributed by atoms with Crippen molar-refractivity contribution in [3.63, 3.8) is 0 Å². The normalized spacial score (nSPS) is 8.86. The van der Waals surface area contributed by atoms with Crippen molar-refractivity contribution in [1.82, 2.24) is 0 Å². The summed E-state index contributed by atoms with van der Waals surface area (Å²) in [5.41, 5.74) is 0. The van der Waals surface area contributed by atoms with Gasteiger partial charge in [0.25, 0.3) is 0 Å². The molecule has 0 bridgehead atoms. The topological polar surface area (TPSA) is 23.8 Å². The largest absolute Gasteiger partial charge is 0.198 e. The molecule has 0 N–H and O–H groups in total. The highest BCUT2D eigenvalue weighted by Crippen LogP contribution is 2.06. The van der Waals surface area contributed by atoms with E-state index in [0.29, 0.717) is 6.42 Å². The van der Waals surface area contributed by atoms with Crippen molar-refractivity contribution in [2.24, 2.45) is 0 Å². The van der Waals surface area contributed by atoms with Gasteiger partial charge in [-0.2, -0.15) is 30.5 Å². The smallest absolute Gasteiger partial charge is 0.0622 e. The van der Waals surface area contributed by atoms with Crippen molar-refractivity contribution >= 4 is 25.3 Å². The zero-order chi connectivity index (χ0) is 5.70. The maximum Gasteiger partial charge on any atom is 0.0622 e. The van der Waals surface area contributed by atoms with Crippen LogP contribution in [0.25, 0.3) is 0 Å². The number of rotatable bonds is 2. The lowest BCUT2D eigenvalue weighted by atomic mass is 10.4. The van der Waals surface area contributed by atoms with E-state index in [1.165, 1.54) is 0 Å². The first kappa shape index (κ1) is 7.19. The predicted molar refractivity (Wildman–Crippen MR) is 36.6 cm³/mol. The maximum atomic E-state index is 8.00. The summed E-state index contributed by atoms with van der Waals surface area (Å²) in [6.07, 6.45) is 1.32. The molecule has 0 aliphatic heterocycles. The third kappa shape index (κ3) is 6.19. The van der Waals surface area contributed by atoms with Crippen LogP contribution in [0.5, 0.6) is 0 Å². The van der Waals surface area contributed by atoms with Crippen LogP contribution in [0.3, 0.4) is 0 Å². The van der Waals surface area contributed by atoms with Gasteiger partial charge in [-0.3, -0.25) is 0 Å². The molecule has 0 aromatic heterocycles. The monoisotopic (exact) mass is 133 g/mol. The molecule has 0 fully saturated rings. The van der Waals surface area contributed by atoms with Gasteiger partial charge in [-0.05, 0) is 6.42 Å². The minimum Gasteiger partial charge on any atom is -0.198 e. The molecule has 0 saturated carbocycles. The Labute approximate surface area is 54.5 Å². The molecule has 0 aliphatic rings. The van der Waals surface area contributed by atoms with Crippen LogP contribution in [0, 0.1) is 11.3 Å². The highest BCUT2D eigenvalue weighted by molar-refractivity contribution is 7.99. The van der Waals surface area contributed by atoms with Crippen molar-refractivity contribution in [3.8, 4) is 6.07 Å². The standard InChI is InChI=1S/C4H7NS2/c5-3-1-2-4(6)7/h4,6-7H,1-2H2. The van der Waals surface area contributed by atoms with E-state index >= 15 is 0 Å². The number of thiol groups is 2. The molecule has 0 spiro atoms. The fourth-order valence-electron chi connectivity index (χ4n) is 0.194. The molecule has 0 aromatic rings. The van der Waals surface area contributed by atoms with Crippen molar-refractivity contribution in [2.45, 2.75) is 17.4 Å². The van der Waals surface area contributed by atoms with Crippen LogP contribution < -0.4 is 0 Å². The summed E-state index contributed by atoms with van der Waals surface area (Å²) in [5, 5.41) is 8.00. The van der Waals surface area contributed by atoms with Gasteiger partial charge >= 0.3 is 0 Å². The van der Waals surface area contributed by atoms with E-state index in [2.05, 4.69) is 25.3 Å². The lowest BCUT2D eigenvalue weighted by Gasteiger charge is -1.93. The third-order valence-electron chi connectivity index (χ3n) is 0.514. The zero-order valence-corrected chi connectivity index (χ0v) is 5.62. The molecule has 0 aliphatic carbocycles. The number of hydrogen-bond donors (Lipinski definition) is 2. The van der Waals surface area contributed by atoms with Gasteiger partial charge in [-0.15, -0.1) is 0 Å². The first-order valence-electron chi connectivity index (χ1n) is 2.00. The van der Waals surface area contributed by atoms with E-state index < -0.39 is 0 Å². The minimum absolute atomic E-state index is 0.0691. The average Bonchev–Trinajstić information content (AvgIpc) is 1.61. The quantitative estimate of drug-likeness (QED) is 0.432. The molecule has 7 heavy (non-hydrogen) atoms. The Morgan fingerprint density at radius 1 is 1.57 bits per heavy atom. The third-order valence-corrected chi connectivity index (χ3v) is 1.03. The van der Waals surface area contributed by atoms with Crippen molar-refractivity contribution in [1.29, 1.82) is 5.26 Å². The van der Waals surface area contributed by atoms with E-state index in [4.69, 9.17) is 5.26 Å². The molecule has 0 saturated heterocycles. The van der Waals surface area contributed by atoms with Crippen LogP contribution in [-0.4, -0.2) is 4.58 Å². The molecule has 1 nitrogen and oxygen atoms in total. The maximum absolute atomic E-state index is 8.00. The van der Waals surface area contributed by atoms with E-state index in [1.807, 2.05) is 6.07 Å². The van der Waals surface area contributed by atoms with Crippen LogP contribution in [0.1, 0.15) is 12.8 Å². The van der Waals surface area contributed by atoms with Gasteiger partial charge in [0.05, 0.1) is 6.07 Å². The SMILES string of the molecule is N#CCCC(S)S. The van der Waals surface area contributed by atoms with Crippen LogP contribution in [0.2, 0.25) is 0 Å². The number of hydrogen-bond acceptors (Lipinski definition) is 3. The molecular weight excluding hydrogens is 126 g/mol. The molecule has 0 radical (unpaired) electrons. The van der Waals surface area contributed by atoms with Gasteiger partial charge in [-0.1, -0.05) is 0 Å². The summed E-state index contributed by atoms with van der Waals surface area (Å²) in [4.78, 5) is 0. The first-order chi connectivity index (χ1) is 3.27. The first-order valence-corrected chi connectivity index (χ1v) is 3.03. The van der Waals surface area contributed by atoms with Crippen LogP contribution in [0.15, 0.2) is 0 Å². The van der Waals surface area contributed by atoms with Gasteiger partial charge in [0.1, 0.15) is 0 Å². The van der Waals surface area contributed by atoms with Gasteiger partial charge in [0.2, 0.25) is 0 Å². The fourth-order valence-corrected chi connectivity index (χ4v) is 0.452. The number of nitrogens with zero attached hydrogens (tertiary/aromatic N) is 1. The van der Waals surface area contributed by atoms with Crippen LogP contribution in [0.4, 0.5) is 0 Å². The second-order valence-electron chi connectivity index (χ2n) is 1.18. The second-order valence-corrected chi connectivity index (χ2v) is 2.83. The Hall–Kier alpha value is 0.190. The highest BCUT2D eigenvalue weighted by Gasteiger charge is 1.90. The lowest BCUT2D eigenvalue weighted by Crippen LogP contribution is -1.82. The van der Waals surface area contributed by atoms with Crippen molar-refractivity contribution in [2.75, 3.05) is 0 Å². The predicted octanol–water partition coefficient (Wildman–Crippen LogP) is 1.48. The molecule has 0 rings (SSSR count). The Balaban J connectivity index is 2.86. The molecular formula is C4H7NS2. The summed E-state index contributed by atoms with van der Waals surface area (Å²) < 4.78 is 0.0691. The molecule has 0 atom stereocenters. The highest BCUT2D eigenvalue weighted by atomic mass is 32.2. The molecule has 0 unspecified atom stereocenters. The van der Waals surface area contributed by atoms with E-state index in [9.17, 15) is 0 Å². The van der Waals surface area contributed by atoms with Gasteiger partial charge in [-0.25, -0.2) is 0 Å². The second kappa shape index (κ2) is 4.35. The average molecular weight is 133 g/mol. The Morgan fingerprint density at radius 3 is 2.29 bits per heavy atom. The summed E-state index contributed by atoms with van der Waals surface area (Å²) in [7, 11) is 0.